The maximum absolute atomic E-state index is 12.8. The highest BCUT2D eigenvalue weighted by Gasteiger charge is 2.26. The number of Topliss-reactive ketones (excluding diaryl/α,β-unsaturated/α-hetero) is 1. The highest BCUT2D eigenvalue weighted by atomic mass is 16.5. The molecule has 2 amide bonds. The number of carbonyl (C=O) groups excluding carboxylic acids is 3. The molecule has 1 fully saturated rings. The second-order valence-corrected chi connectivity index (χ2v) is 8.03. The summed E-state index contributed by atoms with van der Waals surface area (Å²) >= 11 is 0. The van der Waals surface area contributed by atoms with Crippen LogP contribution in [0.15, 0.2) is 42.5 Å². The highest BCUT2D eigenvalue weighted by molar-refractivity contribution is 5.92. The Morgan fingerprint density at radius 1 is 1.13 bits per heavy atom. The fraction of sp³-hybridized carbons (Fsp3) is 0.458. The molecule has 7 heteroatoms. The van der Waals surface area contributed by atoms with Crippen molar-refractivity contribution >= 4 is 28.4 Å². The first-order valence-electron chi connectivity index (χ1n) is 10.6. The molecular weight excluding hydrogens is 396 g/mol. The Morgan fingerprint density at radius 3 is 2.58 bits per heavy atom. The molecule has 0 saturated carbocycles. The van der Waals surface area contributed by atoms with Gasteiger partial charge < -0.3 is 20.1 Å². The number of benzene rings is 2. The Bertz CT molecular complexity index is 920. The summed E-state index contributed by atoms with van der Waals surface area (Å²) in [4.78, 5) is 37.4. The SMILES string of the molecule is COC[C@H](NC(=O)[C@@H](C)CC(=O)NC1COC1)C(=O)CCc1cccc2ccccc12. The average Bonchev–Trinajstić information content (AvgIpc) is 2.74. The second-order valence-electron chi connectivity index (χ2n) is 8.03. The lowest BCUT2D eigenvalue weighted by molar-refractivity contribution is -0.134. The van der Waals surface area contributed by atoms with Crippen molar-refractivity contribution in [1.82, 2.24) is 10.6 Å². The number of fused-ring (bicyclic) bond motifs is 1. The minimum Gasteiger partial charge on any atom is -0.382 e. The number of rotatable bonds is 11. The van der Waals surface area contributed by atoms with Crippen molar-refractivity contribution in [2.45, 2.75) is 38.3 Å². The predicted octanol–water partition coefficient (Wildman–Crippen LogP) is 2.01. The molecule has 0 radical (unpaired) electrons. The molecule has 166 valence electrons. The summed E-state index contributed by atoms with van der Waals surface area (Å²) in [5.74, 6) is -1.17. The monoisotopic (exact) mass is 426 g/mol. The van der Waals surface area contributed by atoms with E-state index in [0.29, 0.717) is 26.1 Å². The van der Waals surface area contributed by atoms with E-state index in [2.05, 4.69) is 10.6 Å². The first kappa shape index (κ1) is 22.9. The van der Waals surface area contributed by atoms with Crippen LogP contribution in [0.5, 0.6) is 0 Å². The van der Waals surface area contributed by atoms with Crippen molar-refractivity contribution in [2.24, 2.45) is 5.92 Å². The average molecular weight is 427 g/mol. The van der Waals surface area contributed by atoms with Gasteiger partial charge in [-0.3, -0.25) is 14.4 Å². The number of hydrogen-bond acceptors (Lipinski definition) is 5. The first-order chi connectivity index (χ1) is 15.0. The van der Waals surface area contributed by atoms with Crippen molar-refractivity contribution in [3.05, 3.63) is 48.0 Å². The Balaban J connectivity index is 1.54. The first-order valence-corrected chi connectivity index (χ1v) is 10.6. The Hall–Kier alpha value is -2.77. The van der Waals surface area contributed by atoms with Crippen LogP contribution in [0.25, 0.3) is 10.8 Å². The zero-order valence-corrected chi connectivity index (χ0v) is 18.1. The molecule has 7 nitrogen and oxygen atoms in total. The topological polar surface area (TPSA) is 93.7 Å². The van der Waals surface area contributed by atoms with Gasteiger partial charge in [-0.05, 0) is 22.8 Å². The van der Waals surface area contributed by atoms with E-state index in [0.717, 1.165) is 16.3 Å². The number of hydrogen-bond donors (Lipinski definition) is 2. The fourth-order valence-corrected chi connectivity index (χ4v) is 3.61. The van der Waals surface area contributed by atoms with E-state index < -0.39 is 12.0 Å². The molecule has 0 unspecified atom stereocenters. The molecule has 2 aromatic rings. The summed E-state index contributed by atoms with van der Waals surface area (Å²) in [5, 5.41) is 7.84. The Kier molecular flexibility index (Phi) is 8.14. The van der Waals surface area contributed by atoms with E-state index in [1.54, 1.807) is 6.92 Å². The van der Waals surface area contributed by atoms with Crippen LogP contribution < -0.4 is 10.6 Å². The third-order valence-electron chi connectivity index (χ3n) is 5.50. The van der Waals surface area contributed by atoms with Crippen molar-refractivity contribution in [3.8, 4) is 0 Å². The van der Waals surface area contributed by atoms with Crippen LogP contribution in [-0.2, 0) is 30.3 Å². The molecule has 31 heavy (non-hydrogen) atoms. The van der Waals surface area contributed by atoms with Gasteiger partial charge >= 0.3 is 0 Å². The zero-order valence-electron chi connectivity index (χ0n) is 18.1. The van der Waals surface area contributed by atoms with Gasteiger partial charge in [0.05, 0.1) is 25.9 Å². The summed E-state index contributed by atoms with van der Waals surface area (Å²) in [6.45, 7) is 2.79. The second kappa shape index (κ2) is 11.0. The van der Waals surface area contributed by atoms with Crippen molar-refractivity contribution in [3.63, 3.8) is 0 Å². The van der Waals surface area contributed by atoms with Gasteiger partial charge in [0.2, 0.25) is 11.8 Å². The summed E-state index contributed by atoms with van der Waals surface area (Å²) < 4.78 is 10.2. The fourth-order valence-electron chi connectivity index (χ4n) is 3.61. The maximum Gasteiger partial charge on any atom is 0.224 e. The molecule has 2 aromatic carbocycles. The number of methoxy groups -OCH3 is 1. The van der Waals surface area contributed by atoms with Gasteiger partial charge in [-0.25, -0.2) is 0 Å². The van der Waals surface area contributed by atoms with Crippen molar-refractivity contribution in [1.29, 1.82) is 0 Å². The van der Waals surface area contributed by atoms with Gasteiger partial charge in [0, 0.05) is 25.9 Å². The van der Waals surface area contributed by atoms with Gasteiger partial charge in [-0.2, -0.15) is 0 Å². The largest absolute Gasteiger partial charge is 0.382 e. The molecule has 0 bridgehead atoms. The van der Waals surface area contributed by atoms with Crippen LogP contribution in [0.2, 0.25) is 0 Å². The van der Waals surface area contributed by atoms with Crippen LogP contribution in [0.3, 0.4) is 0 Å². The summed E-state index contributed by atoms with van der Waals surface area (Å²) in [6, 6.07) is 13.4. The summed E-state index contributed by atoms with van der Waals surface area (Å²) in [7, 11) is 1.49. The Labute approximate surface area is 182 Å². The molecule has 1 aliphatic rings. The van der Waals surface area contributed by atoms with Crippen LogP contribution in [0.4, 0.5) is 0 Å². The number of ketones is 1. The van der Waals surface area contributed by atoms with Crippen LogP contribution >= 0.6 is 0 Å². The van der Waals surface area contributed by atoms with Crippen LogP contribution in [0.1, 0.15) is 25.3 Å². The van der Waals surface area contributed by atoms with Gasteiger partial charge in [0.15, 0.2) is 5.78 Å². The molecule has 2 atom stereocenters. The number of aryl methyl sites for hydroxylation is 1. The van der Waals surface area contributed by atoms with E-state index in [1.807, 2.05) is 42.5 Å². The van der Waals surface area contributed by atoms with Gasteiger partial charge in [0.25, 0.3) is 0 Å². The smallest absolute Gasteiger partial charge is 0.224 e. The van der Waals surface area contributed by atoms with Gasteiger partial charge in [-0.1, -0.05) is 49.4 Å². The standard InChI is InChI=1S/C24H30N2O5/c1-16(12-23(28)25-19-13-31-14-19)24(29)26-21(15-30-2)22(27)11-10-18-8-5-7-17-6-3-4-9-20(17)18/h3-9,16,19,21H,10-15H2,1-2H3,(H,25,28)(H,26,29)/t16-,21-/m0/s1. The minimum atomic E-state index is -0.738. The molecule has 1 heterocycles. The van der Waals surface area contributed by atoms with E-state index in [-0.39, 0.29) is 36.7 Å². The minimum absolute atomic E-state index is 0.0275. The molecule has 2 N–H and O–H groups in total. The quantitative estimate of drug-likeness (QED) is 0.573. The highest BCUT2D eigenvalue weighted by Crippen LogP contribution is 2.20. The third-order valence-corrected chi connectivity index (χ3v) is 5.50. The van der Waals surface area contributed by atoms with Crippen LogP contribution in [0, 0.1) is 5.92 Å². The third kappa shape index (κ3) is 6.35. The molecule has 0 aromatic heterocycles. The number of ether oxygens (including phenoxy) is 2. The lowest BCUT2D eigenvalue weighted by Crippen LogP contribution is -2.50. The number of amides is 2. The van der Waals surface area contributed by atoms with E-state index in [1.165, 1.54) is 7.11 Å². The molecule has 1 aliphatic heterocycles. The normalized spacial score (nSPS) is 15.7. The van der Waals surface area contributed by atoms with Crippen LogP contribution in [-0.4, -0.2) is 56.6 Å². The molecule has 0 aliphatic carbocycles. The van der Waals surface area contributed by atoms with Gasteiger partial charge in [-0.15, -0.1) is 0 Å². The lowest BCUT2D eigenvalue weighted by Gasteiger charge is -2.27. The summed E-state index contributed by atoms with van der Waals surface area (Å²) in [5.41, 5.74) is 1.10. The zero-order chi connectivity index (χ0) is 22.2. The molecule has 0 spiro atoms. The number of nitrogens with one attached hydrogen (secondary N) is 2. The lowest BCUT2D eigenvalue weighted by atomic mass is 9.98. The van der Waals surface area contributed by atoms with E-state index in [4.69, 9.17) is 9.47 Å². The Morgan fingerprint density at radius 2 is 1.87 bits per heavy atom. The van der Waals surface area contributed by atoms with Gasteiger partial charge in [0.1, 0.15) is 6.04 Å². The van der Waals surface area contributed by atoms with E-state index in [9.17, 15) is 14.4 Å². The molecule has 3 rings (SSSR count). The van der Waals surface area contributed by atoms with E-state index >= 15 is 0 Å². The van der Waals surface area contributed by atoms with Crippen molar-refractivity contribution < 1.29 is 23.9 Å². The van der Waals surface area contributed by atoms with Crippen molar-refractivity contribution in [2.75, 3.05) is 26.9 Å². The maximum atomic E-state index is 12.8. The predicted molar refractivity (Wildman–Crippen MR) is 118 cm³/mol. The number of carbonyl (C=O) groups is 3. The summed E-state index contributed by atoms with van der Waals surface area (Å²) in [6.07, 6.45) is 0.933. The molecular formula is C24H30N2O5. The molecule has 1 saturated heterocycles.